The normalized spacial score (nSPS) is 16.3. The quantitative estimate of drug-likeness (QED) is 0.585. The Balaban J connectivity index is 1.38. The molecule has 0 aliphatic carbocycles. The average molecular weight is 395 g/mol. The molecular formula is C22H26N4OS. The second kappa shape index (κ2) is 8.71. The Morgan fingerprint density at radius 2 is 2.04 bits per heavy atom. The van der Waals surface area contributed by atoms with Crippen molar-refractivity contribution < 1.29 is 4.74 Å². The summed E-state index contributed by atoms with van der Waals surface area (Å²) in [6.45, 7) is 6.04. The average Bonchev–Trinajstić information content (AvgIpc) is 3.36. The predicted molar refractivity (Wildman–Crippen MR) is 116 cm³/mol. The van der Waals surface area contributed by atoms with E-state index in [-0.39, 0.29) is 0 Å². The highest BCUT2D eigenvalue weighted by Gasteiger charge is 2.13. The van der Waals surface area contributed by atoms with Crippen molar-refractivity contribution >= 4 is 23.0 Å². The fraction of sp³-hybridized carbons (Fsp3) is 0.364. The van der Waals surface area contributed by atoms with E-state index in [1.165, 1.54) is 23.3 Å². The fourth-order valence-corrected chi connectivity index (χ4v) is 4.41. The molecule has 0 bridgehead atoms. The third kappa shape index (κ3) is 4.51. The van der Waals surface area contributed by atoms with Crippen LogP contribution in [0.4, 0.5) is 11.6 Å². The van der Waals surface area contributed by atoms with Crippen LogP contribution in [0, 0.1) is 13.8 Å². The topological polar surface area (TPSA) is 59.1 Å². The minimum atomic E-state index is 0.606. The lowest BCUT2D eigenvalue weighted by Crippen LogP contribution is -2.23. The number of anilines is 2. The van der Waals surface area contributed by atoms with Crippen molar-refractivity contribution in [1.82, 2.24) is 15.3 Å². The van der Waals surface area contributed by atoms with Gasteiger partial charge in [0.25, 0.3) is 0 Å². The number of nitrogens with zero attached hydrogens (tertiary/aromatic N) is 2. The molecule has 4 rings (SSSR count). The highest BCUT2D eigenvalue weighted by molar-refractivity contribution is 7.13. The van der Waals surface area contributed by atoms with Crippen LogP contribution < -0.4 is 15.4 Å². The van der Waals surface area contributed by atoms with E-state index in [2.05, 4.69) is 34.0 Å². The van der Waals surface area contributed by atoms with Gasteiger partial charge in [0.05, 0.1) is 17.2 Å². The number of benzene rings is 1. The second-order valence-corrected chi connectivity index (χ2v) is 8.15. The van der Waals surface area contributed by atoms with Gasteiger partial charge in [0.2, 0.25) is 5.95 Å². The molecule has 0 radical (unpaired) electrons. The molecule has 1 unspecified atom stereocenters. The maximum atomic E-state index is 5.87. The van der Waals surface area contributed by atoms with Crippen molar-refractivity contribution in [3.05, 3.63) is 53.0 Å². The first-order valence-electron chi connectivity index (χ1n) is 9.80. The van der Waals surface area contributed by atoms with E-state index >= 15 is 0 Å². The number of rotatable bonds is 7. The Labute approximate surface area is 170 Å². The lowest BCUT2D eigenvalue weighted by Gasteiger charge is -2.12. The molecule has 3 heterocycles. The largest absolute Gasteiger partial charge is 0.494 e. The first kappa shape index (κ1) is 18.9. The van der Waals surface area contributed by atoms with Crippen molar-refractivity contribution in [3.63, 3.8) is 0 Å². The van der Waals surface area contributed by atoms with Crippen LogP contribution in [-0.4, -0.2) is 29.2 Å². The van der Waals surface area contributed by atoms with Crippen LogP contribution in [0.25, 0.3) is 10.6 Å². The Bertz CT molecular complexity index is 917. The van der Waals surface area contributed by atoms with Gasteiger partial charge >= 0.3 is 0 Å². The van der Waals surface area contributed by atoms with Gasteiger partial charge in [0.1, 0.15) is 5.75 Å². The molecule has 1 aromatic carbocycles. The summed E-state index contributed by atoms with van der Waals surface area (Å²) in [7, 11) is 0. The molecule has 2 N–H and O–H groups in total. The van der Waals surface area contributed by atoms with E-state index in [0.29, 0.717) is 12.0 Å². The van der Waals surface area contributed by atoms with Crippen LogP contribution in [0.15, 0.2) is 41.9 Å². The van der Waals surface area contributed by atoms with Crippen LogP contribution in [0.2, 0.25) is 0 Å². The van der Waals surface area contributed by atoms with E-state index in [0.717, 1.165) is 42.3 Å². The first-order valence-corrected chi connectivity index (χ1v) is 10.7. The third-order valence-corrected chi connectivity index (χ3v) is 6.08. The lowest BCUT2D eigenvalue weighted by molar-refractivity contribution is 0.292. The number of nitrogens with one attached hydrogen (secondary N) is 2. The number of thiophene rings is 1. The summed E-state index contributed by atoms with van der Waals surface area (Å²) in [4.78, 5) is 10.4. The van der Waals surface area contributed by atoms with Crippen LogP contribution >= 0.6 is 11.3 Å². The molecule has 0 amide bonds. The van der Waals surface area contributed by atoms with E-state index in [9.17, 15) is 0 Å². The first-order chi connectivity index (χ1) is 13.7. The summed E-state index contributed by atoms with van der Waals surface area (Å²) in [6.07, 6.45) is 5.47. The molecule has 1 saturated heterocycles. The van der Waals surface area contributed by atoms with Gasteiger partial charge in [0, 0.05) is 17.9 Å². The highest BCUT2D eigenvalue weighted by Crippen LogP contribution is 2.30. The lowest BCUT2D eigenvalue weighted by atomic mass is 10.1. The number of hydrogen-bond acceptors (Lipinski definition) is 6. The minimum absolute atomic E-state index is 0.606. The fourth-order valence-electron chi connectivity index (χ4n) is 3.43. The molecule has 1 atom stereocenters. The summed E-state index contributed by atoms with van der Waals surface area (Å²) >= 11 is 1.71. The van der Waals surface area contributed by atoms with Crippen molar-refractivity contribution in [3.8, 4) is 16.3 Å². The summed E-state index contributed by atoms with van der Waals surface area (Å²) in [5.74, 6) is 1.50. The Morgan fingerprint density at radius 3 is 2.75 bits per heavy atom. The Morgan fingerprint density at radius 1 is 1.18 bits per heavy atom. The van der Waals surface area contributed by atoms with Gasteiger partial charge in [-0.1, -0.05) is 0 Å². The molecule has 0 saturated carbocycles. The number of aryl methyl sites for hydroxylation is 2. The standard InChI is InChI=1S/C22H26N4OS/c1-15-10-13-28-21(15)20-16(2)14-24-22(26-20)25-18-5-7-19(8-6-18)27-12-9-17-4-3-11-23-17/h5-8,10,13-14,17,23H,3-4,9,11-12H2,1-2H3,(H,24,25,26). The Hall–Kier alpha value is -2.44. The maximum absolute atomic E-state index is 5.87. The van der Waals surface area contributed by atoms with Gasteiger partial charge in [-0.3, -0.25) is 0 Å². The molecule has 0 spiro atoms. The van der Waals surface area contributed by atoms with Gasteiger partial charge in [0.15, 0.2) is 0 Å². The molecule has 146 valence electrons. The van der Waals surface area contributed by atoms with Crippen LogP contribution in [0.5, 0.6) is 5.75 Å². The summed E-state index contributed by atoms with van der Waals surface area (Å²) in [6, 6.07) is 10.7. The molecule has 6 heteroatoms. The van der Waals surface area contributed by atoms with Crippen molar-refractivity contribution in [1.29, 1.82) is 0 Å². The zero-order valence-corrected chi connectivity index (χ0v) is 17.2. The molecule has 1 fully saturated rings. The van der Waals surface area contributed by atoms with Crippen LogP contribution in [0.1, 0.15) is 30.4 Å². The smallest absolute Gasteiger partial charge is 0.227 e. The zero-order valence-electron chi connectivity index (χ0n) is 16.4. The van der Waals surface area contributed by atoms with Crippen molar-refractivity contribution in [2.24, 2.45) is 0 Å². The van der Waals surface area contributed by atoms with Gasteiger partial charge in [-0.2, -0.15) is 0 Å². The van der Waals surface area contributed by atoms with Gasteiger partial charge in [-0.05, 0) is 86.5 Å². The zero-order chi connectivity index (χ0) is 19.3. The molecule has 1 aliphatic rings. The van der Waals surface area contributed by atoms with Gasteiger partial charge < -0.3 is 15.4 Å². The van der Waals surface area contributed by atoms with Crippen molar-refractivity contribution in [2.45, 2.75) is 39.2 Å². The molecule has 3 aromatic rings. The van der Waals surface area contributed by atoms with E-state index < -0.39 is 0 Å². The monoisotopic (exact) mass is 394 g/mol. The van der Waals surface area contributed by atoms with Crippen LogP contribution in [0.3, 0.4) is 0 Å². The number of ether oxygens (including phenoxy) is 1. The molecule has 28 heavy (non-hydrogen) atoms. The van der Waals surface area contributed by atoms with Crippen molar-refractivity contribution in [2.75, 3.05) is 18.5 Å². The van der Waals surface area contributed by atoms with E-state index in [1.54, 1.807) is 11.3 Å². The Kier molecular flexibility index (Phi) is 5.88. The number of aromatic nitrogens is 2. The van der Waals surface area contributed by atoms with Gasteiger partial charge in [-0.25, -0.2) is 9.97 Å². The molecule has 5 nitrogen and oxygen atoms in total. The minimum Gasteiger partial charge on any atom is -0.494 e. The molecular weight excluding hydrogens is 368 g/mol. The SMILES string of the molecule is Cc1cnc(Nc2ccc(OCCC3CCCN3)cc2)nc1-c1sccc1C. The summed E-state index contributed by atoms with van der Waals surface area (Å²) in [5, 5.41) is 8.89. The third-order valence-electron chi connectivity index (χ3n) is 5.06. The summed E-state index contributed by atoms with van der Waals surface area (Å²) < 4.78 is 5.87. The van der Waals surface area contributed by atoms with E-state index in [4.69, 9.17) is 9.72 Å². The maximum Gasteiger partial charge on any atom is 0.227 e. The summed E-state index contributed by atoms with van der Waals surface area (Å²) in [5.41, 5.74) is 4.26. The van der Waals surface area contributed by atoms with Crippen LogP contribution in [-0.2, 0) is 0 Å². The number of hydrogen-bond donors (Lipinski definition) is 2. The molecule has 2 aromatic heterocycles. The molecule has 1 aliphatic heterocycles. The predicted octanol–water partition coefficient (Wildman–Crippen LogP) is 5.09. The second-order valence-electron chi connectivity index (χ2n) is 7.24. The van der Waals surface area contributed by atoms with Gasteiger partial charge in [-0.15, -0.1) is 11.3 Å². The van der Waals surface area contributed by atoms with E-state index in [1.807, 2.05) is 37.4 Å². The highest BCUT2D eigenvalue weighted by atomic mass is 32.1.